The molecule has 6 heteroatoms. The summed E-state index contributed by atoms with van der Waals surface area (Å²) in [5.41, 5.74) is 3.81. The minimum absolute atomic E-state index is 0.148. The Morgan fingerprint density at radius 3 is 2.76 bits per heavy atom. The molecule has 0 aliphatic rings. The zero-order valence-electron chi connectivity index (χ0n) is 14.9. The Morgan fingerprint density at radius 2 is 2.04 bits per heavy atom. The van der Waals surface area contributed by atoms with E-state index in [2.05, 4.69) is 27.5 Å². The lowest BCUT2D eigenvalue weighted by Crippen LogP contribution is -2.25. The summed E-state index contributed by atoms with van der Waals surface area (Å²) in [7, 11) is 1.86. The van der Waals surface area contributed by atoms with Crippen molar-refractivity contribution in [3.8, 4) is 11.3 Å². The van der Waals surface area contributed by atoms with Gasteiger partial charge in [-0.2, -0.15) is 0 Å². The third-order valence-corrected chi connectivity index (χ3v) is 4.38. The average Bonchev–Trinajstić information content (AvgIpc) is 2.96. The number of rotatable bonds is 6. The molecule has 6 nitrogen and oxygen atoms in total. The number of nitrogens with zero attached hydrogens (tertiary/aromatic N) is 4. The van der Waals surface area contributed by atoms with Gasteiger partial charge in [0.25, 0.3) is 5.91 Å². The number of carbonyl (C=O) groups excluding carboxylic acids is 1. The average molecular weight is 337 g/mol. The number of pyridine rings is 1. The number of para-hydroxylation sites is 1. The number of hydrogen-bond acceptors (Lipinski definition) is 4. The summed E-state index contributed by atoms with van der Waals surface area (Å²) < 4.78 is 1.73. The van der Waals surface area contributed by atoms with Gasteiger partial charge in [-0.15, -0.1) is 5.10 Å². The maximum absolute atomic E-state index is 12.5. The van der Waals surface area contributed by atoms with Gasteiger partial charge < -0.3 is 5.32 Å². The second-order valence-corrected chi connectivity index (χ2v) is 6.18. The fourth-order valence-corrected chi connectivity index (χ4v) is 2.81. The van der Waals surface area contributed by atoms with Crippen molar-refractivity contribution < 1.29 is 4.79 Å². The molecule has 0 fully saturated rings. The van der Waals surface area contributed by atoms with Crippen molar-refractivity contribution in [1.29, 1.82) is 0 Å². The third kappa shape index (κ3) is 3.52. The Bertz CT molecular complexity index is 900. The molecule has 0 unspecified atom stereocenters. The van der Waals surface area contributed by atoms with E-state index in [1.165, 1.54) is 0 Å². The molecule has 3 aromatic rings. The number of carbonyl (C=O) groups is 1. The highest BCUT2D eigenvalue weighted by Crippen LogP contribution is 2.29. The number of aromatic nitrogens is 4. The number of nitrogens with one attached hydrogen (secondary N) is 1. The van der Waals surface area contributed by atoms with E-state index in [9.17, 15) is 4.79 Å². The summed E-state index contributed by atoms with van der Waals surface area (Å²) >= 11 is 0. The summed E-state index contributed by atoms with van der Waals surface area (Å²) in [5.74, 6) is -0.148. The van der Waals surface area contributed by atoms with Crippen LogP contribution in [0, 0.1) is 6.92 Å². The molecule has 1 amide bonds. The maximum atomic E-state index is 12.5. The number of hydrogen-bond donors (Lipinski definition) is 1. The highest BCUT2D eigenvalue weighted by molar-refractivity contribution is 6.01. The van der Waals surface area contributed by atoms with E-state index < -0.39 is 0 Å². The summed E-state index contributed by atoms with van der Waals surface area (Å²) in [5, 5.41) is 12.3. The van der Waals surface area contributed by atoms with Gasteiger partial charge in [0, 0.05) is 24.5 Å². The molecule has 0 saturated carbocycles. The van der Waals surface area contributed by atoms with Gasteiger partial charge in [0.2, 0.25) is 0 Å². The van der Waals surface area contributed by atoms with Gasteiger partial charge in [-0.1, -0.05) is 43.2 Å². The Labute approximate surface area is 147 Å². The number of amides is 1. The van der Waals surface area contributed by atoms with Crippen molar-refractivity contribution in [2.45, 2.75) is 33.1 Å². The van der Waals surface area contributed by atoms with E-state index in [4.69, 9.17) is 0 Å². The summed E-state index contributed by atoms with van der Waals surface area (Å²) in [6.07, 6.45) is 3.21. The van der Waals surface area contributed by atoms with Gasteiger partial charge in [-0.3, -0.25) is 9.48 Å². The Balaban J connectivity index is 2.01. The lowest BCUT2D eigenvalue weighted by atomic mass is 10.0. The first-order chi connectivity index (χ1) is 12.1. The zero-order chi connectivity index (χ0) is 17.8. The van der Waals surface area contributed by atoms with Crippen LogP contribution in [0.2, 0.25) is 0 Å². The molecule has 0 saturated heterocycles. The normalized spacial score (nSPS) is 11.0. The molecule has 0 bridgehead atoms. The quantitative estimate of drug-likeness (QED) is 0.701. The molecule has 0 radical (unpaired) electrons. The highest BCUT2D eigenvalue weighted by atomic mass is 16.1. The van der Waals surface area contributed by atoms with Crippen molar-refractivity contribution in [1.82, 2.24) is 25.3 Å². The van der Waals surface area contributed by atoms with Crippen molar-refractivity contribution in [2.24, 2.45) is 7.05 Å². The van der Waals surface area contributed by atoms with Crippen LogP contribution in [0.4, 0.5) is 0 Å². The summed E-state index contributed by atoms with van der Waals surface area (Å²) in [6.45, 7) is 4.78. The Hall–Kier alpha value is -2.76. The molecular weight excluding hydrogens is 314 g/mol. The smallest absolute Gasteiger partial charge is 0.269 e. The number of fused-ring (bicyclic) bond motifs is 1. The molecule has 25 heavy (non-hydrogen) atoms. The molecule has 1 N–H and O–H groups in total. The van der Waals surface area contributed by atoms with Crippen LogP contribution in [-0.4, -0.2) is 32.4 Å². The van der Waals surface area contributed by atoms with Crippen LogP contribution < -0.4 is 5.32 Å². The fraction of sp³-hybridized carbons (Fsp3) is 0.368. The Kier molecular flexibility index (Phi) is 5.07. The predicted octanol–water partition coefficient (Wildman–Crippen LogP) is 3.26. The zero-order valence-corrected chi connectivity index (χ0v) is 14.9. The van der Waals surface area contributed by atoms with E-state index in [0.717, 1.165) is 47.1 Å². The van der Waals surface area contributed by atoms with Gasteiger partial charge in [0.15, 0.2) is 0 Å². The van der Waals surface area contributed by atoms with E-state index in [0.29, 0.717) is 12.2 Å². The first-order valence-electron chi connectivity index (χ1n) is 8.66. The second kappa shape index (κ2) is 7.42. The van der Waals surface area contributed by atoms with E-state index in [1.807, 2.05) is 44.3 Å². The van der Waals surface area contributed by atoms with Gasteiger partial charge in [0.05, 0.1) is 11.2 Å². The number of aryl methyl sites for hydroxylation is 1. The summed E-state index contributed by atoms with van der Waals surface area (Å²) in [6, 6.07) is 9.61. The number of unbranched alkanes of at least 4 members (excludes halogenated alkanes) is 2. The second-order valence-electron chi connectivity index (χ2n) is 6.18. The molecule has 0 atom stereocenters. The largest absolute Gasteiger partial charge is 0.351 e. The van der Waals surface area contributed by atoms with E-state index in [1.54, 1.807) is 4.68 Å². The number of benzene rings is 1. The predicted molar refractivity (Wildman–Crippen MR) is 98.3 cm³/mol. The van der Waals surface area contributed by atoms with Crippen molar-refractivity contribution in [3.05, 3.63) is 41.7 Å². The van der Waals surface area contributed by atoms with Crippen LogP contribution in [0.15, 0.2) is 30.3 Å². The molecule has 2 heterocycles. The van der Waals surface area contributed by atoms with Crippen molar-refractivity contribution in [3.63, 3.8) is 0 Å². The molecule has 0 spiro atoms. The molecule has 130 valence electrons. The van der Waals surface area contributed by atoms with Crippen LogP contribution in [0.5, 0.6) is 0 Å². The molecular formula is C19H23N5O. The molecule has 0 aliphatic heterocycles. The maximum Gasteiger partial charge on any atom is 0.269 e. The molecule has 0 aliphatic carbocycles. The molecule has 2 aromatic heterocycles. The van der Waals surface area contributed by atoms with Gasteiger partial charge >= 0.3 is 0 Å². The minimum Gasteiger partial charge on any atom is -0.351 e. The Morgan fingerprint density at radius 1 is 1.24 bits per heavy atom. The monoisotopic (exact) mass is 337 g/mol. The van der Waals surface area contributed by atoms with Gasteiger partial charge in [-0.05, 0) is 25.5 Å². The van der Waals surface area contributed by atoms with E-state index in [-0.39, 0.29) is 5.91 Å². The standard InChI is InChI=1S/C19H23N5O/c1-4-5-8-11-20-19(25)17-12-15(18-13(2)24(3)23-22-18)14-9-6-7-10-16(14)21-17/h6-7,9-10,12H,4-5,8,11H2,1-3H3,(H,20,25). The van der Waals surface area contributed by atoms with Crippen LogP contribution in [0.3, 0.4) is 0 Å². The van der Waals surface area contributed by atoms with Crippen LogP contribution in [0.25, 0.3) is 22.2 Å². The summed E-state index contributed by atoms with van der Waals surface area (Å²) in [4.78, 5) is 17.0. The van der Waals surface area contributed by atoms with Crippen LogP contribution in [0.1, 0.15) is 42.4 Å². The minimum atomic E-state index is -0.148. The first-order valence-corrected chi connectivity index (χ1v) is 8.66. The van der Waals surface area contributed by atoms with Gasteiger partial charge in [0.1, 0.15) is 11.4 Å². The van der Waals surface area contributed by atoms with Crippen LogP contribution >= 0.6 is 0 Å². The first kappa shape index (κ1) is 17.1. The van der Waals surface area contributed by atoms with E-state index >= 15 is 0 Å². The lowest BCUT2D eigenvalue weighted by Gasteiger charge is -2.09. The van der Waals surface area contributed by atoms with Crippen LogP contribution in [-0.2, 0) is 7.05 Å². The third-order valence-electron chi connectivity index (χ3n) is 4.38. The lowest BCUT2D eigenvalue weighted by molar-refractivity contribution is 0.0948. The topological polar surface area (TPSA) is 72.7 Å². The van der Waals surface area contributed by atoms with Crippen molar-refractivity contribution >= 4 is 16.8 Å². The molecule has 3 rings (SSSR count). The van der Waals surface area contributed by atoms with Gasteiger partial charge in [-0.25, -0.2) is 4.98 Å². The molecule has 1 aromatic carbocycles. The van der Waals surface area contributed by atoms with Crippen molar-refractivity contribution in [2.75, 3.05) is 6.54 Å². The SMILES string of the molecule is CCCCCNC(=O)c1cc(-c2nnn(C)c2C)c2ccccc2n1. The highest BCUT2D eigenvalue weighted by Gasteiger charge is 2.17. The fourth-order valence-electron chi connectivity index (χ4n) is 2.81.